The summed E-state index contributed by atoms with van der Waals surface area (Å²) >= 11 is 0. The van der Waals surface area contributed by atoms with Crippen LogP contribution in [0.3, 0.4) is 0 Å². The highest BCUT2D eigenvalue weighted by Crippen LogP contribution is 2.17. The molecule has 2 heterocycles. The average Bonchev–Trinajstić information content (AvgIpc) is 3.26. The third-order valence-corrected chi connectivity index (χ3v) is 3.84. The Labute approximate surface area is 144 Å². The number of hydrogen-bond donors (Lipinski definition) is 2. The molecule has 7 nitrogen and oxygen atoms in total. The van der Waals surface area contributed by atoms with E-state index in [1.165, 1.54) is 17.1 Å². The van der Waals surface area contributed by atoms with Crippen molar-refractivity contribution in [3.8, 4) is 5.69 Å². The van der Waals surface area contributed by atoms with Crippen molar-refractivity contribution in [3.63, 3.8) is 0 Å². The number of aromatic carboxylic acids is 1. The summed E-state index contributed by atoms with van der Waals surface area (Å²) in [6.45, 7) is 1.87. The highest BCUT2D eigenvalue weighted by atomic mass is 16.4. The quantitative estimate of drug-likeness (QED) is 0.721. The first-order valence-corrected chi connectivity index (χ1v) is 7.81. The van der Waals surface area contributed by atoms with Crippen LogP contribution in [-0.4, -0.2) is 31.3 Å². The topological polar surface area (TPSA) is 89.2 Å². The Morgan fingerprint density at radius 1 is 1.24 bits per heavy atom. The van der Waals surface area contributed by atoms with E-state index in [2.05, 4.69) is 10.4 Å². The molecule has 0 spiro atoms. The molecule has 3 aromatic rings. The minimum absolute atomic E-state index is 0.0328. The second-order valence-corrected chi connectivity index (χ2v) is 5.71. The zero-order valence-electron chi connectivity index (χ0n) is 13.7. The van der Waals surface area contributed by atoms with Crippen LogP contribution in [-0.2, 0) is 11.3 Å². The molecule has 3 rings (SSSR count). The van der Waals surface area contributed by atoms with Crippen molar-refractivity contribution in [2.45, 2.75) is 19.5 Å². The molecule has 0 radical (unpaired) electrons. The molecule has 0 aliphatic rings. The maximum Gasteiger partial charge on any atom is 0.338 e. The summed E-state index contributed by atoms with van der Waals surface area (Å²) in [5, 5.41) is 15.7. The van der Waals surface area contributed by atoms with E-state index < -0.39 is 5.97 Å². The van der Waals surface area contributed by atoms with E-state index in [0.717, 1.165) is 11.3 Å². The predicted octanol–water partition coefficient (Wildman–Crippen LogP) is 2.25. The van der Waals surface area contributed by atoms with E-state index in [1.807, 2.05) is 60.3 Å². The number of carboxylic acid groups (broad SMARTS) is 1. The van der Waals surface area contributed by atoms with Gasteiger partial charge < -0.3 is 15.0 Å². The number of nitrogens with zero attached hydrogens (tertiary/aromatic N) is 3. The van der Waals surface area contributed by atoms with Gasteiger partial charge in [-0.25, -0.2) is 4.79 Å². The number of aromatic nitrogens is 3. The molecular weight excluding hydrogens is 320 g/mol. The van der Waals surface area contributed by atoms with Crippen molar-refractivity contribution >= 4 is 11.9 Å². The molecule has 128 valence electrons. The van der Waals surface area contributed by atoms with Crippen molar-refractivity contribution < 1.29 is 14.7 Å². The standard InChI is InChI=1S/C18H18N4O3/c1-13(14-5-4-6-16(9-14)21-7-2-3-8-21)20-17(23)12-22-11-15(10-19-22)18(24)25/h2-11,13H,12H2,1H3,(H,20,23)(H,24,25). The summed E-state index contributed by atoms with van der Waals surface area (Å²) in [4.78, 5) is 23.0. The van der Waals surface area contributed by atoms with E-state index in [-0.39, 0.29) is 24.1 Å². The zero-order valence-corrected chi connectivity index (χ0v) is 13.7. The molecule has 25 heavy (non-hydrogen) atoms. The van der Waals surface area contributed by atoms with E-state index in [4.69, 9.17) is 5.11 Å². The zero-order chi connectivity index (χ0) is 17.8. The number of nitrogens with one attached hydrogen (secondary N) is 1. The Morgan fingerprint density at radius 3 is 2.68 bits per heavy atom. The Morgan fingerprint density at radius 2 is 2.00 bits per heavy atom. The fraction of sp³-hybridized carbons (Fsp3) is 0.167. The van der Waals surface area contributed by atoms with Crippen LogP contribution in [0.4, 0.5) is 0 Å². The fourth-order valence-corrected chi connectivity index (χ4v) is 2.54. The molecule has 0 saturated heterocycles. The van der Waals surface area contributed by atoms with Crippen LogP contribution in [0.1, 0.15) is 28.9 Å². The number of hydrogen-bond acceptors (Lipinski definition) is 3. The van der Waals surface area contributed by atoms with Gasteiger partial charge >= 0.3 is 5.97 Å². The van der Waals surface area contributed by atoms with Crippen molar-refractivity contribution in [2.75, 3.05) is 0 Å². The van der Waals surface area contributed by atoms with Gasteiger partial charge in [0, 0.05) is 24.3 Å². The van der Waals surface area contributed by atoms with Crippen molar-refractivity contribution in [3.05, 3.63) is 72.3 Å². The minimum Gasteiger partial charge on any atom is -0.478 e. The SMILES string of the molecule is CC(NC(=O)Cn1cc(C(=O)O)cn1)c1cccc(-n2cccc2)c1. The van der Waals surface area contributed by atoms with Gasteiger partial charge in [-0.3, -0.25) is 9.48 Å². The molecule has 1 unspecified atom stereocenters. The lowest BCUT2D eigenvalue weighted by atomic mass is 10.1. The Balaban J connectivity index is 1.65. The third-order valence-electron chi connectivity index (χ3n) is 3.84. The molecule has 0 bridgehead atoms. The molecular formula is C18H18N4O3. The summed E-state index contributed by atoms with van der Waals surface area (Å²) in [6.07, 6.45) is 6.47. The summed E-state index contributed by atoms with van der Waals surface area (Å²) in [5.74, 6) is -1.30. The molecule has 2 N–H and O–H groups in total. The van der Waals surface area contributed by atoms with Gasteiger partial charge in [-0.2, -0.15) is 5.10 Å². The second kappa shape index (κ2) is 7.04. The van der Waals surface area contributed by atoms with Gasteiger partial charge in [-0.15, -0.1) is 0 Å². The highest BCUT2D eigenvalue weighted by molar-refractivity contribution is 5.87. The van der Waals surface area contributed by atoms with Crippen LogP contribution in [0.15, 0.2) is 61.2 Å². The number of rotatable bonds is 6. The molecule has 7 heteroatoms. The average molecular weight is 338 g/mol. The number of carboxylic acids is 1. The molecule has 1 amide bonds. The van der Waals surface area contributed by atoms with Gasteiger partial charge in [0.2, 0.25) is 5.91 Å². The van der Waals surface area contributed by atoms with Crippen LogP contribution in [0.5, 0.6) is 0 Å². The minimum atomic E-state index is -1.07. The van der Waals surface area contributed by atoms with Gasteiger partial charge in [0.05, 0.1) is 17.8 Å². The van der Waals surface area contributed by atoms with Gasteiger partial charge in [0.15, 0.2) is 0 Å². The number of amides is 1. The first-order valence-electron chi connectivity index (χ1n) is 7.81. The van der Waals surface area contributed by atoms with Crippen LogP contribution in [0, 0.1) is 0 Å². The molecule has 0 fully saturated rings. The summed E-state index contributed by atoms with van der Waals surface area (Å²) in [6, 6.07) is 11.6. The lowest BCUT2D eigenvalue weighted by Crippen LogP contribution is -2.30. The third kappa shape index (κ3) is 3.95. The number of benzene rings is 1. The fourth-order valence-electron chi connectivity index (χ4n) is 2.54. The number of carbonyl (C=O) groups is 2. The Hall–Kier alpha value is -3.35. The molecule has 2 aromatic heterocycles. The summed E-state index contributed by atoms with van der Waals surface area (Å²) < 4.78 is 3.30. The summed E-state index contributed by atoms with van der Waals surface area (Å²) in [7, 11) is 0. The van der Waals surface area contributed by atoms with Crippen molar-refractivity contribution in [1.29, 1.82) is 0 Å². The first kappa shape index (κ1) is 16.5. The van der Waals surface area contributed by atoms with Crippen LogP contribution in [0.2, 0.25) is 0 Å². The molecule has 0 aliphatic carbocycles. The lowest BCUT2D eigenvalue weighted by molar-refractivity contribution is -0.122. The summed E-state index contributed by atoms with van der Waals surface area (Å²) in [5.41, 5.74) is 2.05. The molecule has 1 atom stereocenters. The maximum atomic E-state index is 12.2. The van der Waals surface area contributed by atoms with E-state index in [0.29, 0.717) is 0 Å². The van der Waals surface area contributed by atoms with Crippen LogP contribution < -0.4 is 5.32 Å². The van der Waals surface area contributed by atoms with E-state index >= 15 is 0 Å². The first-order chi connectivity index (χ1) is 12.0. The Kier molecular flexibility index (Phi) is 4.65. The van der Waals surface area contributed by atoms with Crippen LogP contribution in [0.25, 0.3) is 5.69 Å². The molecule has 1 aromatic carbocycles. The highest BCUT2D eigenvalue weighted by Gasteiger charge is 2.13. The smallest absolute Gasteiger partial charge is 0.338 e. The van der Waals surface area contributed by atoms with Crippen LogP contribution >= 0.6 is 0 Å². The number of carbonyl (C=O) groups excluding carboxylic acids is 1. The van der Waals surface area contributed by atoms with Crippen molar-refractivity contribution in [1.82, 2.24) is 19.7 Å². The second-order valence-electron chi connectivity index (χ2n) is 5.71. The maximum absolute atomic E-state index is 12.2. The van der Waals surface area contributed by atoms with Gasteiger partial charge in [0.1, 0.15) is 6.54 Å². The van der Waals surface area contributed by atoms with Gasteiger partial charge in [-0.1, -0.05) is 12.1 Å². The normalized spacial score (nSPS) is 11.9. The largest absolute Gasteiger partial charge is 0.478 e. The predicted molar refractivity (Wildman–Crippen MR) is 91.5 cm³/mol. The van der Waals surface area contributed by atoms with Gasteiger partial charge in [-0.05, 0) is 36.8 Å². The van der Waals surface area contributed by atoms with Crippen molar-refractivity contribution in [2.24, 2.45) is 0 Å². The Bertz CT molecular complexity index is 883. The van der Waals surface area contributed by atoms with Gasteiger partial charge in [0.25, 0.3) is 0 Å². The molecule has 0 saturated carbocycles. The molecule has 0 aliphatic heterocycles. The lowest BCUT2D eigenvalue weighted by Gasteiger charge is -2.16. The van der Waals surface area contributed by atoms with E-state index in [1.54, 1.807) is 0 Å². The monoisotopic (exact) mass is 338 g/mol. The van der Waals surface area contributed by atoms with E-state index in [9.17, 15) is 9.59 Å².